The van der Waals surface area contributed by atoms with Crippen LogP contribution in [-0.4, -0.2) is 17.0 Å². The van der Waals surface area contributed by atoms with Gasteiger partial charge in [-0.15, -0.1) is 0 Å². The van der Waals surface area contributed by atoms with Gasteiger partial charge in [-0.25, -0.2) is 13.6 Å². The molecule has 0 aliphatic carbocycles. The maximum atomic E-state index is 13.3. The summed E-state index contributed by atoms with van der Waals surface area (Å²) in [5, 5.41) is 10.8. The molecule has 1 amide bonds. The van der Waals surface area contributed by atoms with Crippen LogP contribution in [0.2, 0.25) is 0 Å². The van der Waals surface area contributed by atoms with Crippen molar-refractivity contribution >= 4 is 11.9 Å². The van der Waals surface area contributed by atoms with Gasteiger partial charge in [-0.05, 0) is 6.07 Å². The van der Waals surface area contributed by atoms with Gasteiger partial charge in [0, 0.05) is 18.6 Å². The third-order valence-corrected chi connectivity index (χ3v) is 1.87. The van der Waals surface area contributed by atoms with Crippen molar-refractivity contribution in [3.8, 4) is 0 Å². The van der Waals surface area contributed by atoms with E-state index < -0.39 is 29.6 Å². The third kappa shape index (κ3) is 2.75. The largest absolute Gasteiger partial charge is 0.479 e. The number of carbonyl (C=O) groups is 2. The van der Waals surface area contributed by atoms with E-state index in [0.29, 0.717) is 6.07 Å². The highest BCUT2D eigenvalue weighted by atomic mass is 19.1. The zero-order valence-corrected chi connectivity index (χ0v) is 8.33. The van der Waals surface area contributed by atoms with Gasteiger partial charge in [0.25, 0.3) is 0 Å². The van der Waals surface area contributed by atoms with E-state index in [4.69, 9.17) is 5.11 Å². The molecule has 86 valence electrons. The van der Waals surface area contributed by atoms with Crippen LogP contribution in [0.25, 0.3) is 0 Å². The first-order chi connectivity index (χ1) is 7.41. The summed E-state index contributed by atoms with van der Waals surface area (Å²) in [6.07, 6.45) is 0. The monoisotopic (exact) mass is 229 g/mol. The topological polar surface area (TPSA) is 66.4 Å². The van der Waals surface area contributed by atoms with Gasteiger partial charge in [0.1, 0.15) is 11.6 Å². The second-order valence-electron chi connectivity index (χ2n) is 3.14. The molecular weight excluding hydrogens is 220 g/mol. The highest BCUT2D eigenvalue weighted by molar-refractivity contribution is 5.83. The van der Waals surface area contributed by atoms with Gasteiger partial charge in [0.2, 0.25) is 5.91 Å². The Kier molecular flexibility index (Phi) is 3.55. The number of carbonyl (C=O) groups excluding carboxylic acids is 1. The van der Waals surface area contributed by atoms with E-state index in [2.05, 4.69) is 5.32 Å². The molecule has 0 radical (unpaired) electrons. The van der Waals surface area contributed by atoms with Crippen molar-refractivity contribution in [2.24, 2.45) is 0 Å². The summed E-state index contributed by atoms with van der Waals surface area (Å²) in [4.78, 5) is 21.5. The van der Waals surface area contributed by atoms with Gasteiger partial charge in [0.15, 0.2) is 6.04 Å². The van der Waals surface area contributed by atoms with Crippen molar-refractivity contribution in [2.75, 3.05) is 0 Å². The molecule has 1 aromatic carbocycles. The Morgan fingerprint density at radius 3 is 2.44 bits per heavy atom. The highest BCUT2D eigenvalue weighted by Gasteiger charge is 2.24. The van der Waals surface area contributed by atoms with Crippen LogP contribution in [0.4, 0.5) is 8.78 Å². The quantitative estimate of drug-likeness (QED) is 0.819. The summed E-state index contributed by atoms with van der Waals surface area (Å²) in [5.41, 5.74) is -0.288. The number of hydrogen-bond donors (Lipinski definition) is 2. The van der Waals surface area contributed by atoms with E-state index in [1.807, 2.05) is 0 Å². The molecule has 0 aliphatic rings. The minimum absolute atomic E-state index is 0.288. The van der Waals surface area contributed by atoms with Crippen LogP contribution < -0.4 is 5.32 Å². The first kappa shape index (κ1) is 12.1. The maximum absolute atomic E-state index is 13.3. The molecule has 2 N–H and O–H groups in total. The number of amides is 1. The lowest BCUT2D eigenvalue weighted by atomic mass is 10.1. The Morgan fingerprint density at radius 1 is 1.38 bits per heavy atom. The lowest BCUT2D eigenvalue weighted by Crippen LogP contribution is -2.32. The fraction of sp³-hybridized carbons (Fsp3) is 0.200. The standard InChI is InChI=1S/C10H9F2NO3/c1-5(14)13-9(10(15)16)7-3-2-6(11)4-8(7)12/h2-4,9H,1H3,(H,13,14)(H,15,16). The van der Waals surface area contributed by atoms with Crippen molar-refractivity contribution in [3.63, 3.8) is 0 Å². The van der Waals surface area contributed by atoms with Gasteiger partial charge >= 0.3 is 5.97 Å². The predicted molar refractivity (Wildman–Crippen MR) is 50.6 cm³/mol. The molecule has 0 saturated carbocycles. The molecule has 1 unspecified atom stereocenters. The Bertz CT molecular complexity index is 434. The first-order valence-corrected chi connectivity index (χ1v) is 4.36. The van der Waals surface area contributed by atoms with Gasteiger partial charge < -0.3 is 10.4 Å². The van der Waals surface area contributed by atoms with Crippen molar-refractivity contribution < 1.29 is 23.5 Å². The van der Waals surface area contributed by atoms with Crippen LogP contribution in [0.15, 0.2) is 18.2 Å². The van der Waals surface area contributed by atoms with E-state index in [9.17, 15) is 18.4 Å². The van der Waals surface area contributed by atoms with Crippen LogP contribution in [0.3, 0.4) is 0 Å². The summed E-state index contributed by atoms with van der Waals surface area (Å²) >= 11 is 0. The van der Waals surface area contributed by atoms with Crippen molar-refractivity contribution in [3.05, 3.63) is 35.4 Å². The Labute approximate surface area is 89.9 Å². The van der Waals surface area contributed by atoms with Crippen LogP contribution in [0.1, 0.15) is 18.5 Å². The molecule has 0 heterocycles. The Hall–Kier alpha value is -1.98. The highest BCUT2D eigenvalue weighted by Crippen LogP contribution is 2.18. The number of halogens is 2. The average Bonchev–Trinajstić information content (AvgIpc) is 2.14. The summed E-state index contributed by atoms with van der Waals surface area (Å²) in [5.74, 6) is -3.86. The predicted octanol–water partition coefficient (Wildman–Crippen LogP) is 1.23. The summed E-state index contributed by atoms with van der Waals surface area (Å²) in [7, 11) is 0. The van der Waals surface area contributed by atoms with Crippen molar-refractivity contribution in [2.45, 2.75) is 13.0 Å². The molecule has 0 fully saturated rings. The fourth-order valence-electron chi connectivity index (χ4n) is 1.21. The average molecular weight is 229 g/mol. The van der Waals surface area contributed by atoms with Crippen molar-refractivity contribution in [1.29, 1.82) is 0 Å². The second-order valence-corrected chi connectivity index (χ2v) is 3.14. The van der Waals surface area contributed by atoms with Crippen LogP contribution in [-0.2, 0) is 9.59 Å². The zero-order chi connectivity index (χ0) is 12.3. The minimum Gasteiger partial charge on any atom is -0.479 e. The number of hydrogen-bond acceptors (Lipinski definition) is 2. The molecule has 4 nitrogen and oxygen atoms in total. The molecule has 1 rings (SSSR count). The number of aliphatic carboxylic acids is 1. The molecule has 0 aliphatic heterocycles. The van der Waals surface area contributed by atoms with Gasteiger partial charge in [-0.1, -0.05) is 6.07 Å². The summed E-state index contributed by atoms with van der Waals surface area (Å²) in [6.45, 7) is 1.11. The molecule has 6 heteroatoms. The number of rotatable bonds is 3. The van der Waals surface area contributed by atoms with E-state index in [-0.39, 0.29) is 5.56 Å². The third-order valence-electron chi connectivity index (χ3n) is 1.87. The Morgan fingerprint density at radius 2 is 2.00 bits per heavy atom. The summed E-state index contributed by atoms with van der Waals surface area (Å²) < 4.78 is 25.9. The molecule has 1 aromatic rings. The molecule has 16 heavy (non-hydrogen) atoms. The smallest absolute Gasteiger partial charge is 0.331 e. The lowest BCUT2D eigenvalue weighted by molar-refractivity contribution is -0.141. The van der Waals surface area contributed by atoms with Gasteiger partial charge in [0.05, 0.1) is 0 Å². The zero-order valence-electron chi connectivity index (χ0n) is 8.33. The van der Waals surface area contributed by atoms with Gasteiger partial charge in [-0.2, -0.15) is 0 Å². The molecule has 0 spiro atoms. The molecular formula is C10H9F2NO3. The second kappa shape index (κ2) is 4.69. The fourth-order valence-corrected chi connectivity index (χ4v) is 1.21. The molecule has 0 saturated heterocycles. The Balaban J connectivity index is 3.10. The molecule has 0 bridgehead atoms. The van der Waals surface area contributed by atoms with E-state index in [1.54, 1.807) is 0 Å². The van der Waals surface area contributed by atoms with Crippen LogP contribution >= 0.6 is 0 Å². The number of carboxylic acids is 1. The van der Waals surface area contributed by atoms with Crippen molar-refractivity contribution in [1.82, 2.24) is 5.32 Å². The SMILES string of the molecule is CC(=O)NC(C(=O)O)c1ccc(F)cc1F. The normalized spacial score (nSPS) is 11.9. The molecule has 1 atom stereocenters. The van der Waals surface area contributed by atoms with Crippen LogP contribution in [0.5, 0.6) is 0 Å². The van der Waals surface area contributed by atoms with Crippen LogP contribution in [0, 0.1) is 11.6 Å². The minimum atomic E-state index is -1.52. The molecule has 0 aromatic heterocycles. The van der Waals surface area contributed by atoms with E-state index >= 15 is 0 Å². The number of nitrogens with one attached hydrogen (secondary N) is 1. The lowest BCUT2D eigenvalue weighted by Gasteiger charge is -2.14. The van der Waals surface area contributed by atoms with E-state index in [0.717, 1.165) is 19.1 Å². The first-order valence-electron chi connectivity index (χ1n) is 4.36. The van der Waals surface area contributed by atoms with Gasteiger partial charge in [-0.3, -0.25) is 4.79 Å². The number of carboxylic acid groups (broad SMARTS) is 1. The van der Waals surface area contributed by atoms with E-state index in [1.165, 1.54) is 0 Å². The summed E-state index contributed by atoms with van der Waals surface area (Å²) in [6, 6.07) is 0.959. The maximum Gasteiger partial charge on any atom is 0.331 e. The number of benzene rings is 1.